The maximum absolute atomic E-state index is 5.82. The highest BCUT2D eigenvalue weighted by atomic mass is 32.1. The number of nitrogens with zero attached hydrogens (tertiary/aromatic N) is 3. The van der Waals surface area contributed by atoms with E-state index < -0.39 is 0 Å². The lowest BCUT2D eigenvalue weighted by Crippen LogP contribution is -2.25. The molecule has 0 N–H and O–H groups in total. The Kier molecular flexibility index (Phi) is 4.59. The minimum atomic E-state index is 0.213. The van der Waals surface area contributed by atoms with Crippen LogP contribution >= 0.6 is 11.7 Å². The van der Waals surface area contributed by atoms with E-state index in [9.17, 15) is 0 Å². The van der Waals surface area contributed by atoms with Gasteiger partial charge in [0.05, 0.1) is 17.8 Å². The zero-order valence-corrected chi connectivity index (χ0v) is 11.5. The number of rotatable bonds is 4. The molecule has 1 aliphatic heterocycles. The van der Waals surface area contributed by atoms with Gasteiger partial charge in [0.2, 0.25) is 5.82 Å². The molecule has 1 aromatic heterocycles. The van der Waals surface area contributed by atoms with E-state index in [1.54, 1.807) is 0 Å². The van der Waals surface area contributed by atoms with Crippen LogP contribution < -0.4 is 9.64 Å². The van der Waals surface area contributed by atoms with E-state index in [0.29, 0.717) is 0 Å². The molecule has 1 unspecified atom stereocenters. The monoisotopic (exact) mass is 255 g/mol. The minimum Gasteiger partial charge on any atom is -0.471 e. The van der Waals surface area contributed by atoms with Gasteiger partial charge in [0.1, 0.15) is 0 Å². The SMILES string of the molecule is CCC(C)Oc1nsnc1N1CCCCCC1. The maximum atomic E-state index is 5.82. The van der Waals surface area contributed by atoms with Gasteiger partial charge < -0.3 is 9.64 Å². The average molecular weight is 255 g/mol. The summed E-state index contributed by atoms with van der Waals surface area (Å²) in [7, 11) is 0. The molecule has 1 aromatic rings. The summed E-state index contributed by atoms with van der Waals surface area (Å²) in [5.41, 5.74) is 0. The first-order valence-corrected chi connectivity index (χ1v) is 7.28. The van der Waals surface area contributed by atoms with Crippen LogP contribution in [0.25, 0.3) is 0 Å². The van der Waals surface area contributed by atoms with E-state index in [1.807, 2.05) is 0 Å². The summed E-state index contributed by atoms with van der Waals surface area (Å²) >= 11 is 1.25. The van der Waals surface area contributed by atoms with Crippen molar-refractivity contribution >= 4 is 17.5 Å². The molecule has 0 radical (unpaired) electrons. The van der Waals surface area contributed by atoms with Crippen molar-refractivity contribution in [3.05, 3.63) is 0 Å². The molecule has 1 aliphatic rings. The van der Waals surface area contributed by atoms with Crippen LogP contribution in [0.1, 0.15) is 46.0 Å². The fraction of sp³-hybridized carbons (Fsp3) is 0.833. The van der Waals surface area contributed by atoms with E-state index in [-0.39, 0.29) is 6.10 Å². The number of hydrogen-bond acceptors (Lipinski definition) is 5. The van der Waals surface area contributed by atoms with Crippen LogP contribution in [0.5, 0.6) is 5.88 Å². The van der Waals surface area contributed by atoms with E-state index in [0.717, 1.165) is 31.2 Å². The van der Waals surface area contributed by atoms with Crippen LogP contribution in [0.15, 0.2) is 0 Å². The third-order valence-electron chi connectivity index (χ3n) is 3.24. The van der Waals surface area contributed by atoms with Gasteiger partial charge >= 0.3 is 0 Å². The highest BCUT2D eigenvalue weighted by Crippen LogP contribution is 2.28. The summed E-state index contributed by atoms with van der Waals surface area (Å²) in [5, 5.41) is 0. The molecule has 0 amide bonds. The summed E-state index contributed by atoms with van der Waals surface area (Å²) in [6.07, 6.45) is 6.37. The molecule has 2 heterocycles. The Morgan fingerprint density at radius 1 is 1.24 bits per heavy atom. The fourth-order valence-electron chi connectivity index (χ4n) is 2.00. The van der Waals surface area contributed by atoms with Gasteiger partial charge in [-0.2, -0.15) is 4.37 Å². The Bertz CT molecular complexity index is 334. The van der Waals surface area contributed by atoms with Crippen molar-refractivity contribution in [3.8, 4) is 5.88 Å². The van der Waals surface area contributed by atoms with Crippen LogP contribution in [0, 0.1) is 0 Å². The van der Waals surface area contributed by atoms with Gasteiger partial charge in [0, 0.05) is 13.1 Å². The van der Waals surface area contributed by atoms with Crippen molar-refractivity contribution in [1.29, 1.82) is 0 Å². The van der Waals surface area contributed by atoms with E-state index in [4.69, 9.17) is 4.74 Å². The molecule has 0 bridgehead atoms. The van der Waals surface area contributed by atoms with E-state index >= 15 is 0 Å². The van der Waals surface area contributed by atoms with E-state index in [1.165, 1.54) is 37.4 Å². The van der Waals surface area contributed by atoms with Crippen LogP contribution in [0.2, 0.25) is 0 Å². The van der Waals surface area contributed by atoms with Gasteiger partial charge in [-0.25, -0.2) is 0 Å². The molecule has 1 saturated heterocycles. The standard InChI is InChI=1S/C12H21N3OS/c1-3-10(2)16-12-11(13-17-14-12)15-8-6-4-5-7-9-15/h10H,3-9H2,1-2H3. The van der Waals surface area contributed by atoms with Crippen molar-refractivity contribution in [1.82, 2.24) is 8.75 Å². The van der Waals surface area contributed by atoms with Crippen LogP contribution in [-0.2, 0) is 0 Å². The molecule has 4 nitrogen and oxygen atoms in total. The lowest BCUT2D eigenvalue weighted by Gasteiger charge is -2.21. The van der Waals surface area contributed by atoms with Crippen molar-refractivity contribution < 1.29 is 4.74 Å². The molecular weight excluding hydrogens is 234 g/mol. The first-order valence-electron chi connectivity index (χ1n) is 6.55. The second-order valence-corrected chi connectivity index (χ2v) is 5.16. The molecule has 2 rings (SSSR count). The quantitative estimate of drug-likeness (QED) is 0.828. The zero-order valence-electron chi connectivity index (χ0n) is 10.7. The number of hydrogen-bond donors (Lipinski definition) is 0. The highest BCUT2D eigenvalue weighted by Gasteiger charge is 2.19. The first-order chi connectivity index (χ1) is 8.31. The van der Waals surface area contributed by atoms with Gasteiger partial charge in [0.15, 0.2) is 0 Å². The van der Waals surface area contributed by atoms with Crippen LogP contribution in [-0.4, -0.2) is 27.9 Å². The van der Waals surface area contributed by atoms with E-state index in [2.05, 4.69) is 27.5 Å². The van der Waals surface area contributed by atoms with Crippen molar-refractivity contribution in [2.75, 3.05) is 18.0 Å². The Labute approximate surface area is 107 Å². The molecule has 17 heavy (non-hydrogen) atoms. The Morgan fingerprint density at radius 2 is 1.94 bits per heavy atom. The molecule has 0 aliphatic carbocycles. The molecule has 5 heteroatoms. The van der Waals surface area contributed by atoms with Crippen molar-refractivity contribution in [2.45, 2.75) is 52.1 Å². The van der Waals surface area contributed by atoms with Gasteiger partial charge in [-0.15, -0.1) is 4.37 Å². The molecule has 0 spiro atoms. The Balaban J connectivity index is 2.06. The van der Waals surface area contributed by atoms with Crippen molar-refractivity contribution in [3.63, 3.8) is 0 Å². The number of ether oxygens (including phenoxy) is 1. The van der Waals surface area contributed by atoms with Crippen LogP contribution in [0.4, 0.5) is 5.82 Å². The summed E-state index contributed by atoms with van der Waals surface area (Å²) in [6.45, 7) is 6.37. The third-order valence-corrected chi connectivity index (χ3v) is 3.74. The highest BCUT2D eigenvalue weighted by molar-refractivity contribution is 6.99. The second-order valence-electron chi connectivity index (χ2n) is 4.63. The maximum Gasteiger partial charge on any atom is 0.271 e. The minimum absolute atomic E-state index is 0.213. The number of anilines is 1. The van der Waals surface area contributed by atoms with Crippen molar-refractivity contribution in [2.24, 2.45) is 0 Å². The van der Waals surface area contributed by atoms with Gasteiger partial charge in [-0.05, 0) is 26.2 Å². The summed E-state index contributed by atoms with van der Waals surface area (Å²) in [4.78, 5) is 2.33. The molecule has 96 valence electrons. The predicted octanol–water partition coefficient (Wildman–Crippen LogP) is 3.10. The second kappa shape index (κ2) is 6.19. The Morgan fingerprint density at radius 3 is 2.59 bits per heavy atom. The summed E-state index contributed by atoms with van der Waals surface area (Å²) in [6, 6.07) is 0. The van der Waals surface area contributed by atoms with Gasteiger partial charge in [-0.3, -0.25) is 0 Å². The topological polar surface area (TPSA) is 38.3 Å². The first kappa shape index (κ1) is 12.6. The predicted molar refractivity (Wildman–Crippen MR) is 71.0 cm³/mol. The lowest BCUT2D eigenvalue weighted by atomic mass is 10.2. The smallest absolute Gasteiger partial charge is 0.271 e. The molecular formula is C12H21N3OS. The van der Waals surface area contributed by atoms with Gasteiger partial charge in [0.25, 0.3) is 5.88 Å². The fourth-order valence-corrected chi connectivity index (χ4v) is 2.51. The zero-order chi connectivity index (χ0) is 12.1. The Hall–Kier alpha value is -0.840. The average Bonchev–Trinajstić information content (AvgIpc) is 2.63. The summed E-state index contributed by atoms with van der Waals surface area (Å²) < 4.78 is 14.5. The normalized spacial score (nSPS) is 18.8. The van der Waals surface area contributed by atoms with Gasteiger partial charge in [-0.1, -0.05) is 19.8 Å². The molecule has 0 aromatic carbocycles. The molecule has 1 atom stereocenters. The third kappa shape index (κ3) is 3.31. The lowest BCUT2D eigenvalue weighted by molar-refractivity contribution is 0.211. The van der Waals surface area contributed by atoms with Crippen LogP contribution in [0.3, 0.4) is 0 Å². The number of aromatic nitrogens is 2. The summed E-state index contributed by atoms with van der Waals surface area (Å²) in [5.74, 6) is 1.68. The molecule has 0 saturated carbocycles. The molecule has 1 fully saturated rings. The largest absolute Gasteiger partial charge is 0.471 e.